The fourth-order valence-electron chi connectivity index (χ4n) is 6.40. The molecule has 274 valence electrons. The van der Waals surface area contributed by atoms with Crippen molar-refractivity contribution in [2.75, 3.05) is 31.6 Å². The van der Waals surface area contributed by atoms with Gasteiger partial charge in [0.2, 0.25) is 0 Å². The van der Waals surface area contributed by atoms with E-state index in [1.807, 2.05) is 0 Å². The molecule has 3 unspecified atom stereocenters. The Bertz CT molecular complexity index is 504. The second-order valence-electron chi connectivity index (χ2n) is 15.1. The molecular formula is C43H91NS. The van der Waals surface area contributed by atoms with Crippen LogP contribution < -0.4 is 0 Å². The first kappa shape index (κ1) is 47.4. The van der Waals surface area contributed by atoms with Gasteiger partial charge in [-0.3, -0.25) is 0 Å². The first-order chi connectivity index (χ1) is 22.0. The molecule has 0 aromatic rings. The van der Waals surface area contributed by atoms with Gasteiger partial charge in [-0.15, -0.1) is 0 Å². The van der Waals surface area contributed by atoms with Gasteiger partial charge >= 0.3 is 0 Å². The second-order valence-corrected chi connectivity index (χ2v) is 16.3. The molecule has 45 heavy (non-hydrogen) atoms. The van der Waals surface area contributed by atoms with Crippen LogP contribution in [0.2, 0.25) is 0 Å². The van der Waals surface area contributed by atoms with Crippen molar-refractivity contribution in [2.45, 2.75) is 228 Å². The highest BCUT2D eigenvalue weighted by atomic mass is 32.2. The van der Waals surface area contributed by atoms with E-state index in [2.05, 4.69) is 72.2 Å². The van der Waals surface area contributed by atoms with Gasteiger partial charge in [-0.1, -0.05) is 196 Å². The first-order valence-corrected chi connectivity index (χ1v) is 22.4. The molecule has 0 aromatic heterocycles. The SMILES string of the molecule is CCCCCCCCCC(C)CCCCCCCC1CC1C.CCCCCCCCCCCN(C)CCC.CCCSCCC. The van der Waals surface area contributed by atoms with Crippen LogP contribution in [-0.4, -0.2) is 36.5 Å². The van der Waals surface area contributed by atoms with Crippen molar-refractivity contribution in [1.82, 2.24) is 4.90 Å². The lowest BCUT2D eigenvalue weighted by Crippen LogP contribution is -2.20. The Labute approximate surface area is 293 Å². The maximum absolute atomic E-state index is 2.48. The lowest BCUT2D eigenvalue weighted by Gasteiger charge is -2.14. The van der Waals surface area contributed by atoms with Gasteiger partial charge in [-0.05, 0) is 81.5 Å². The minimum Gasteiger partial charge on any atom is -0.306 e. The molecule has 1 aliphatic rings. The summed E-state index contributed by atoms with van der Waals surface area (Å²) in [6, 6.07) is 0. The summed E-state index contributed by atoms with van der Waals surface area (Å²) in [6.07, 6.45) is 40.5. The zero-order valence-electron chi connectivity index (χ0n) is 33.2. The molecule has 0 amide bonds. The van der Waals surface area contributed by atoms with E-state index in [1.165, 1.54) is 204 Å². The molecule has 1 rings (SSSR count). The second kappa shape index (κ2) is 40.5. The Morgan fingerprint density at radius 3 is 1.31 bits per heavy atom. The Hall–Kier alpha value is 0.310. The number of unbranched alkanes of at least 4 members (excludes halogenated alkanes) is 18. The molecule has 0 aromatic carbocycles. The van der Waals surface area contributed by atoms with Crippen molar-refractivity contribution >= 4 is 11.8 Å². The lowest BCUT2D eigenvalue weighted by molar-refractivity contribution is 0.324. The predicted molar refractivity (Wildman–Crippen MR) is 214 cm³/mol. The zero-order valence-corrected chi connectivity index (χ0v) is 34.0. The van der Waals surface area contributed by atoms with Crippen molar-refractivity contribution in [3.63, 3.8) is 0 Å². The van der Waals surface area contributed by atoms with Crippen LogP contribution in [-0.2, 0) is 0 Å². The predicted octanol–water partition coefficient (Wildman–Crippen LogP) is 15.5. The topological polar surface area (TPSA) is 3.24 Å². The molecule has 1 fully saturated rings. The van der Waals surface area contributed by atoms with Gasteiger partial charge in [-0.2, -0.15) is 11.8 Å². The fraction of sp³-hybridized carbons (Fsp3) is 1.00. The number of hydrogen-bond donors (Lipinski definition) is 0. The maximum atomic E-state index is 2.48. The Morgan fingerprint density at radius 2 is 0.911 bits per heavy atom. The van der Waals surface area contributed by atoms with E-state index in [9.17, 15) is 0 Å². The van der Waals surface area contributed by atoms with E-state index in [1.54, 1.807) is 0 Å². The third-order valence-corrected chi connectivity index (χ3v) is 11.2. The molecule has 0 N–H and O–H groups in total. The van der Waals surface area contributed by atoms with Gasteiger partial charge < -0.3 is 4.90 Å². The standard InChI is InChI=1S/C22H44.C15H33N.C6H14S/c1-4-5-6-7-8-10-13-16-20(2)17-14-11-9-12-15-18-22-19-21(22)3;1-4-6-7-8-9-10-11-12-13-15-16(3)14-5-2;1-3-5-7-6-4-2/h20-22H,4-19H2,1-3H3;4-15H2,1-3H3;3-6H2,1-2H3. The largest absolute Gasteiger partial charge is 0.306 e. The average Bonchev–Trinajstić information content (AvgIpc) is 3.74. The number of hydrogen-bond acceptors (Lipinski definition) is 2. The normalized spacial score (nSPS) is 16.2. The van der Waals surface area contributed by atoms with Crippen molar-refractivity contribution < 1.29 is 0 Å². The van der Waals surface area contributed by atoms with Crippen LogP contribution in [0.1, 0.15) is 228 Å². The third kappa shape index (κ3) is 42.3. The molecular weight excluding hydrogens is 563 g/mol. The Kier molecular flexibility index (Phi) is 42.7. The smallest absolute Gasteiger partial charge is 0.00218 e. The van der Waals surface area contributed by atoms with E-state index < -0.39 is 0 Å². The average molecular weight is 654 g/mol. The summed E-state index contributed by atoms with van der Waals surface area (Å²) in [7, 11) is 2.24. The Balaban J connectivity index is 0. The fourth-order valence-corrected chi connectivity index (χ4v) is 7.18. The summed E-state index contributed by atoms with van der Waals surface area (Å²) in [5, 5.41) is 0. The van der Waals surface area contributed by atoms with E-state index in [-0.39, 0.29) is 0 Å². The molecule has 0 spiro atoms. The number of rotatable bonds is 32. The summed E-state index contributed by atoms with van der Waals surface area (Å²) in [6.45, 7) is 18.7. The van der Waals surface area contributed by atoms with Crippen molar-refractivity contribution in [3.05, 3.63) is 0 Å². The molecule has 0 radical (unpaired) electrons. The number of thioether (sulfide) groups is 1. The molecule has 0 aliphatic heterocycles. The van der Waals surface area contributed by atoms with Gasteiger partial charge in [0.1, 0.15) is 0 Å². The van der Waals surface area contributed by atoms with Crippen LogP contribution in [0, 0.1) is 17.8 Å². The molecule has 2 heteroatoms. The highest BCUT2D eigenvalue weighted by molar-refractivity contribution is 7.99. The van der Waals surface area contributed by atoms with Gasteiger partial charge in [0.05, 0.1) is 0 Å². The minimum atomic E-state index is 0.975. The summed E-state index contributed by atoms with van der Waals surface area (Å²) in [5.74, 6) is 5.83. The van der Waals surface area contributed by atoms with E-state index in [0.29, 0.717) is 0 Å². The summed E-state index contributed by atoms with van der Waals surface area (Å²) >= 11 is 2.05. The van der Waals surface area contributed by atoms with Crippen LogP contribution in [0.15, 0.2) is 0 Å². The lowest BCUT2D eigenvalue weighted by atomic mass is 9.96. The summed E-state index contributed by atoms with van der Waals surface area (Å²) in [4.78, 5) is 2.46. The maximum Gasteiger partial charge on any atom is -0.00218 e. The van der Waals surface area contributed by atoms with Crippen LogP contribution in [0.25, 0.3) is 0 Å². The number of nitrogens with zero attached hydrogens (tertiary/aromatic N) is 1. The van der Waals surface area contributed by atoms with Crippen LogP contribution in [0.4, 0.5) is 0 Å². The van der Waals surface area contributed by atoms with Crippen molar-refractivity contribution in [3.8, 4) is 0 Å². The molecule has 3 atom stereocenters. The van der Waals surface area contributed by atoms with Gasteiger partial charge in [-0.25, -0.2) is 0 Å². The van der Waals surface area contributed by atoms with Gasteiger partial charge in [0.15, 0.2) is 0 Å². The van der Waals surface area contributed by atoms with Crippen LogP contribution in [0.3, 0.4) is 0 Å². The monoisotopic (exact) mass is 654 g/mol. The summed E-state index contributed by atoms with van der Waals surface area (Å²) < 4.78 is 0. The molecule has 0 heterocycles. The van der Waals surface area contributed by atoms with E-state index in [0.717, 1.165) is 17.8 Å². The third-order valence-electron chi connectivity index (χ3n) is 9.79. The van der Waals surface area contributed by atoms with Crippen LogP contribution in [0.5, 0.6) is 0 Å². The molecule has 1 nitrogen and oxygen atoms in total. The van der Waals surface area contributed by atoms with Gasteiger partial charge in [0.25, 0.3) is 0 Å². The van der Waals surface area contributed by atoms with E-state index in [4.69, 9.17) is 0 Å². The minimum absolute atomic E-state index is 0.975. The Morgan fingerprint density at radius 1 is 0.511 bits per heavy atom. The molecule has 0 saturated heterocycles. The molecule has 1 saturated carbocycles. The van der Waals surface area contributed by atoms with Crippen molar-refractivity contribution in [1.29, 1.82) is 0 Å². The van der Waals surface area contributed by atoms with Crippen LogP contribution >= 0.6 is 11.8 Å². The van der Waals surface area contributed by atoms with E-state index >= 15 is 0 Å². The molecule has 0 bridgehead atoms. The van der Waals surface area contributed by atoms with Crippen molar-refractivity contribution in [2.24, 2.45) is 17.8 Å². The molecule has 1 aliphatic carbocycles. The first-order valence-electron chi connectivity index (χ1n) is 21.2. The zero-order chi connectivity index (χ0) is 33.6. The summed E-state index contributed by atoms with van der Waals surface area (Å²) in [5.41, 5.74) is 0. The highest BCUT2D eigenvalue weighted by Crippen LogP contribution is 2.41. The van der Waals surface area contributed by atoms with Gasteiger partial charge in [0, 0.05) is 0 Å². The quantitative estimate of drug-likeness (QED) is 0.0665. The highest BCUT2D eigenvalue weighted by Gasteiger charge is 2.31.